The third-order valence-electron chi connectivity index (χ3n) is 5.18. The molecule has 158 valence electrons. The lowest BCUT2D eigenvalue weighted by molar-refractivity contribution is -0.137. The van der Waals surface area contributed by atoms with Crippen LogP contribution in [0.4, 0.5) is 13.2 Å². The predicted octanol–water partition coefficient (Wildman–Crippen LogP) is 3.57. The van der Waals surface area contributed by atoms with E-state index < -0.39 is 11.7 Å². The van der Waals surface area contributed by atoms with E-state index in [4.69, 9.17) is 4.52 Å². The van der Waals surface area contributed by atoms with Gasteiger partial charge in [0.25, 0.3) is 0 Å². The normalized spacial score (nSPS) is 16.9. The summed E-state index contributed by atoms with van der Waals surface area (Å²) in [4.78, 5) is 22.2. The van der Waals surface area contributed by atoms with Crippen molar-refractivity contribution in [1.82, 2.24) is 35.0 Å². The predicted molar refractivity (Wildman–Crippen MR) is 101 cm³/mol. The van der Waals surface area contributed by atoms with Crippen molar-refractivity contribution >= 4 is 0 Å². The van der Waals surface area contributed by atoms with Crippen LogP contribution in [0.3, 0.4) is 0 Å². The fourth-order valence-electron chi connectivity index (χ4n) is 3.62. The molecule has 8 nitrogen and oxygen atoms in total. The lowest BCUT2D eigenvalue weighted by atomic mass is 10.0. The van der Waals surface area contributed by atoms with Gasteiger partial charge in [0, 0.05) is 31.9 Å². The van der Waals surface area contributed by atoms with E-state index in [1.807, 2.05) is 0 Å². The highest BCUT2D eigenvalue weighted by atomic mass is 19.4. The Bertz CT molecular complexity index is 1170. The zero-order chi connectivity index (χ0) is 21.4. The number of imidazole rings is 1. The standard InChI is InChI=1S/C20H16F3N7O/c21-20(22,23)13-3-1-12(2-4-13)9-30-10-16-14(26-11-27-16)7-17(30)19-28-18(29-31-19)15-8-24-5-6-25-15/h1-6,8,11,17H,7,9-10H2,(H,26,27)/t17-/m0/s1. The molecule has 0 unspecified atom stereocenters. The summed E-state index contributed by atoms with van der Waals surface area (Å²) in [5.74, 6) is 0.714. The van der Waals surface area contributed by atoms with Gasteiger partial charge in [-0.25, -0.2) is 9.97 Å². The van der Waals surface area contributed by atoms with E-state index in [9.17, 15) is 13.2 Å². The van der Waals surface area contributed by atoms with Crippen molar-refractivity contribution in [2.75, 3.05) is 0 Å². The molecule has 0 saturated heterocycles. The zero-order valence-corrected chi connectivity index (χ0v) is 16.0. The maximum atomic E-state index is 12.9. The molecule has 4 heterocycles. The van der Waals surface area contributed by atoms with Crippen LogP contribution in [-0.4, -0.2) is 35.0 Å². The van der Waals surface area contributed by atoms with Gasteiger partial charge in [-0.15, -0.1) is 0 Å². The molecule has 11 heteroatoms. The second kappa shape index (κ2) is 7.58. The first-order valence-electron chi connectivity index (χ1n) is 9.48. The number of alkyl halides is 3. The van der Waals surface area contributed by atoms with Gasteiger partial charge in [0.1, 0.15) is 5.69 Å². The van der Waals surface area contributed by atoms with Crippen LogP contribution in [0.15, 0.2) is 53.7 Å². The van der Waals surface area contributed by atoms with Gasteiger partial charge >= 0.3 is 6.18 Å². The van der Waals surface area contributed by atoms with Crippen molar-refractivity contribution in [3.63, 3.8) is 0 Å². The summed E-state index contributed by atoms with van der Waals surface area (Å²) in [5, 5.41) is 4.02. The van der Waals surface area contributed by atoms with Gasteiger partial charge in [-0.05, 0) is 17.7 Å². The number of benzene rings is 1. The summed E-state index contributed by atoms with van der Waals surface area (Å²) in [6, 6.07) is 4.88. The average molecular weight is 427 g/mol. The summed E-state index contributed by atoms with van der Waals surface area (Å²) >= 11 is 0. The minimum atomic E-state index is -4.36. The second-order valence-corrected chi connectivity index (χ2v) is 7.19. The number of nitrogens with one attached hydrogen (secondary N) is 1. The number of nitrogens with zero attached hydrogens (tertiary/aromatic N) is 6. The van der Waals surface area contributed by atoms with E-state index in [0.29, 0.717) is 36.9 Å². The van der Waals surface area contributed by atoms with Gasteiger partial charge in [-0.2, -0.15) is 18.2 Å². The fourth-order valence-corrected chi connectivity index (χ4v) is 3.62. The van der Waals surface area contributed by atoms with Gasteiger partial charge in [0.2, 0.25) is 11.7 Å². The lowest BCUT2D eigenvalue weighted by Crippen LogP contribution is -2.34. The minimum Gasteiger partial charge on any atom is -0.347 e. The van der Waals surface area contributed by atoms with Crippen molar-refractivity contribution in [3.8, 4) is 11.5 Å². The highest BCUT2D eigenvalue weighted by molar-refractivity contribution is 5.45. The molecule has 5 rings (SSSR count). The van der Waals surface area contributed by atoms with E-state index >= 15 is 0 Å². The number of rotatable bonds is 4. The number of H-pyrrole nitrogens is 1. The van der Waals surface area contributed by atoms with Crippen molar-refractivity contribution < 1.29 is 17.7 Å². The molecular weight excluding hydrogens is 411 g/mol. The van der Waals surface area contributed by atoms with Crippen LogP contribution in [0.2, 0.25) is 0 Å². The molecule has 4 aromatic rings. The number of fused-ring (bicyclic) bond motifs is 1. The number of hydrogen-bond donors (Lipinski definition) is 1. The Morgan fingerprint density at radius 3 is 2.71 bits per heavy atom. The molecule has 0 bridgehead atoms. The Morgan fingerprint density at radius 1 is 1.13 bits per heavy atom. The number of aromatic amines is 1. The van der Waals surface area contributed by atoms with Crippen LogP contribution in [0.1, 0.15) is 34.4 Å². The highest BCUT2D eigenvalue weighted by Gasteiger charge is 2.34. The van der Waals surface area contributed by atoms with Crippen LogP contribution in [0.5, 0.6) is 0 Å². The Morgan fingerprint density at radius 2 is 1.97 bits per heavy atom. The topological polar surface area (TPSA) is 96.6 Å². The first-order valence-corrected chi connectivity index (χ1v) is 9.48. The van der Waals surface area contributed by atoms with Crippen molar-refractivity contribution in [2.45, 2.75) is 31.7 Å². The SMILES string of the molecule is FC(F)(F)c1ccc(CN2Cc3[nH]cnc3C[C@H]2c2nc(-c3cnccn3)no2)cc1. The molecule has 0 amide bonds. The van der Waals surface area contributed by atoms with Crippen molar-refractivity contribution in [1.29, 1.82) is 0 Å². The summed E-state index contributed by atoms with van der Waals surface area (Å²) in [6.45, 7) is 0.925. The second-order valence-electron chi connectivity index (χ2n) is 7.19. The molecule has 0 aliphatic carbocycles. The molecule has 3 aromatic heterocycles. The Labute approximate surface area is 174 Å². The van der Waals surface area contributed by atoms with Crippen LogP contribution in [0, 0.1) is 0 Å². The summed E-state index contributed by atoms with van der Waals surface area (Å²) < 4.78 is 44.1. The van der Waals surface area contributed by atoms with Gasteiger partial charge in [0.15, 0.2) is 0 Å². The molecular formula is C20H16F3N7O. The molecule has 1 atom stereocenters. The average Bonchev–Trinajstić information content (AvgIpc) is 3.43. The first kappa shape index (κ1) is 19.4. The Hall–Kier alpha value is -3.60. The van der Waals surface area contributed by atoms with Crippen LogP contribution < -0.4 is 0 Å². The maximum absolute atomic E-state index is 12.9. The fraction of sp³-hybridized carbons (Fsp3) is 0.250. The molecule has 0 spiro atoms. The number of aromatic nitrogens is 6. The molecule has 1 aromatic carbocycles. The molecule has 0 radical (unpaired) electrons. The van der Waals surface area contributed by atoms with Crippen molar-refractivity contribution in [2.24, 2.45) is 0 Å². The van der Waals surface area contributed by atoms with E-state index in [1.165, 1.54) is 12.1 Å². The summed E-state index contributed by atoms with van der Waals surface area (Å²) in [7, 11) is 0. The zero-order valence-electron chi connectivity index (χ0n) is 16.0. The third-order valence-corrected chi connectivity index (χ3v) is 5.18. The number of hydrogen-bond acceptors (Lipinski definition) is 7. The van der Waals surface area contributed by atoms with Crippen molar-refractivity contribution in [3.05, 3.63) is 77.6 Å². The van der Waals surface area contributed by atoms with Gasteiger partial charge in [-0.1, -0.05) is 17.3 Å². The Kier molecular flexibility index (Phi) is 4.74. The molecule has 0 fully saturated rings. The molecule has 31 heavy (non-hydrogen) atoms. The smallest absolute Gasteiger partial charge is 0.347 e. The van der Waals surface area contributed by atoms with E-state index in [2.05, 4.69) is 35.0 Å². The maximum Gasteiger partial charge on any atom is 0.416 e. The summed E-state index contributed by atoms with van der Waals surface area (Å²) in [6.07, 6.45) is 2.43. The molecule has 0 saturated carbocycles. The number of halogens is 3. The van der Waals surface area contributed by atoms with Crippen LogP contribution in [-0.2, 0) is 25.7 Å². The van der Waals surface area contributed by atoms with Gasteiger partial charge in [-0.3, -0.25) is 9.88 Å². The molecule has 1 aliphatic heterocycles. The van der Waals surface area contributed by atoms with Gasteiger partial charge in [0.05, 0.1) is 35.5 Å². The quantitative estimate of drug-likeness (QED) is 0.532. The molecule has 1 N–H and O–H groups in total. The largest absolute Gasteiger partial charge is 0.416 e. The monoisotopic (exact) mass is 427 g/mol. The van der Waals surface area contributed by atoms with E-state index in [-0.39, 0.29) is 6.04 Å². The highest BCUT2D eigenvalue weighted by Crippen LogP contribution is 2.34. The van der Waals surface area contributed by atoms with Crippen LogP contribution >= 0.6 is 0 Å². The lowest BCUT2D eigenvalue weighted by Gasteiger charge is -2.32. The molecule has 1 aliphatic rings. The third kappa shape index (κ3) is 3.91. The first-order chi connectivity index (χ1) is 15.0. The minimum absolute atomic E-state index is 0.281. The van der Waals surface area contributed by atoms with E-state index in [0.717, 1.165) is 29.1 Å². The van der Waals surface area contributed by atoms with Crippen LogP contribution in [0.25, 0.3) is 11.5 Å². The van der Waals surface area contributed by atoms with E-state index in [1.54, 1.807) is 24.9 Å². The summed E-state index contributed by atoms with van der Waals surface area (Å²) in [5.41, 5.74) is 2.41. The van der Waals surface area contributed by atoms with Gasteiger partial charge < -0.3 is 9.51 Å². The Balaban J connectivity index is 1.43.